The molecule has 5 nitrogen and oxygen atoms in total. The number of hydrazone groups is 1. The van der Waals surface area contributed by atoms with E-state index in [1.54, 1.807) is 54.7 Å². The van der Waals surface area contributed by atoms with Crippen molar-refractivity contribution in [2.75, 3.05) is 5.32 Å². The summed E-state index contributed by atoms with van der Waals surface area (Å²) in [4.78, 5) is 22.6. The number of nitrogens with one attached hydrogen (secondary N) is 2. The second kappa shape index (κ2) is 7.00. The SMILES string of the molecule is CC(=O)Nc1ccc(/C=N\NC(=O)c2ccccc2)cc1. The van der Waals surface area contributed by atoms with E-state index in [9.17, 15) is 9.59 Å². The molecule has 0 fully saturated rings. The maximum atomic E-state index is 11.7. The number of carbonyl (C=O) groups is 2. The summed E-state index contributed by atoms with van der Waals surface area (Å²) in [6, 6.07) is 16.0. The Morgan fingerprint density at radius 3 is 2.29 bits per heavy atom. The van der Waals surface area contributed by atoms with Crippen LogP contribution >= 0.6 is 0 Å². The molecule has 0 aliphatic heterocycles. The molecule has 0 saturated heterocycles. The molecular weight excluding hydrogens is 266 g/mol. The maximum Gasteiger partial charge on any atom is 0.271 e. The van der Waals surface area contributed by atoms with Gasteiger partial charge in [-0.15, -0.1) is 0 Å². The van der Waals surface area contributed by atoms with Crippen molar-refractivity contribution in [3.63, 3.8) is 0 Å². The highest BCUT2D eigenvalue weighted by atomic mass is 16.2. The largest absolute Gasteiger partial charge is 0.326 e. The molecule has 2 N–H and O–H groups in total. The van der Waals surface area contributed by atoms with Gasteiger partial charge in [-0.3, -0.25) is 9.59 Å². The molecule has 2 aromatic rings. The van der Waals surface area contributed by atoms with Gasteiger partial charge in [0.05, 0.1) is 6.21 Å². The van der Waals surface area contributed by atoms with E-state index in [-0.39, 0.29) is 11.8 Å². The number of rotatable bonds is 4. The highest BCUT2D eigenvalue weighted by Crippen LogP contribution is 2.07. The zero-order valence-electron chi connectivity index (χ0n) is 11.5. The van der Waals surface area contributed by atoms with Gasteiger partial charge in [-0.05, 0) is 29.8 Å². The van der Waals surface area contributed by atoms with E-state index in [2.05, 4.69) is 15.8 Å². The minimum absolute atomic E-state index is 0.119. The van der Waals surface area contributed by atoms with Crippen LogP contribution in [0.2, 0.25) is 0 Å². The minimum atomic E-state index is -0.262. The predicted octanol–water partition coefficient (Wildman–Crippen LogP) is 2.41. The molecule has 0 aromatic heterocycles. The molecule has 2 amide bonds. The van der Waals surface area contributed by atoms with Crippen molar-refractivity contribution in [3.05, 3.63) is 65.7 Å². The second-order valence-corrected chi connectivity index (χ2v) is 4.37. The summed E-state index contributed by atoms with van der Waals surface area (Å²) in [6.45, 7) is 1.45. The predicted molar refractivity (Wildman–Crippen MR) is 82.2 cm³/mol. The Balaban J connectivity index is 1.92. The Morgan fingerprint density at radius 2 is 1.67 bits per heavy atom. The van der Waals surface area contributed by atoms with E-state index in [0.29, 0.717) is 11.3 Å². The number of benzene rings is 2. The standard InChI is InChI=1S/C16H15N3O2/c1-12(20)18-15-9-7-13(8-10-15)11-17-19-16(21)14-5-3-2-4-6-14/h2-11H,1H3,(H,18,20)(H,19,21)/b17-11-. The average Bonchev–Trinajstić information content (AvgIpc) is 2.49. The van der Waals surface area contributed by atoms with Gasteiger partial charge < -0.3 is 5.32 Å². The quantitative estimate of drug-likeness (QED) is 0.667. The Bertz CT molecular complexity index is 649. The lowest BCUT2D eigenvalue weighted by atomic mass is 10.2. The van der Waals surface area contributed by atoms with Crippen LogP contribution in [0.1, 0.15) is 22.8 Å². The van der Waals surface area contributed by atoms with Crippen molar-refractivity contribution in [2.45, 2.75) is 6.92 Å². The summed E-state index contributed by atoms with van der Waals surface area (Å²) in [7, 11) is 0. The van der Waals surface area contributed by atoms with Gasteiger partial charge in [0, 0.05) is 18.2 Å². The first-order chi connectivity index (χ1) is 10.1. The van der Waals surface area contributed by atoms with E-state index >= 15 is 0 Å². The number of anilines is 1. The van der Waals surface area contributed by atoms with Crippen LogP contribution in [0.3, 0.4) is 0 Å². The molecule has 5 heteroatoms. The average molecular weight is 281 g/mol. The van der Waals surface area contributed by atoms with Gasteiger partial charge in [0.1, 0.15) is 0 Å². The van der Waals surface area contributed by atoms with Crippen molar-refractivity contribution in [2.24, 2.45) is 5.10 Å². The van der Waals surface area contributed by atoms with Gasteiger partial charge in [-0.2, -0.15) is 5.10 Å². The Morgan fingerprint density at radius 1 is 1.00 bits per heavy atom. The second-order valence-electron chi connectivity index (χ2n) is 4.37. The van der Waals surface area contributed by atoms with Crippen molar-refractivity contribution >= 4 is 23.7 Å². The number of amides is 2. The van der Waals surface area contributed by atoms with Crippen LogP contribution in [0.15, 0.2) is 59.7 Å². The highest BCUT2D eigenvalue weighted by Gasteiger charge is 2.01. The van der Waals surface area contributed by atoms with Crippen LogP contribution in [-0.4, -0.2) is 18.0 Å². The number of hydrogen-bond donors (Lipinski definition) is 2. The maximum absolute atomic E-state index is 11.7. The lowest BCUT2D eigenvalue weighted by Gasteiger charge is -2.02. The highest BCUT2D eigenvalue weighted by molar-refractivity contribution is 5.95. The molecule has 0 saturated carbocycles. The van der Waals surface area contributed by atoms with Crippen LogP contribution in [0, 0.1) is 0 Å². The van der Waals surface area contributed by atoms with Crippen molar-refractivity contribution in [3.8, 4) is 0 Å². The van der Waals surface area contributed by atoms with Gasteiger partial charge in [0.25, 0.3) is 5.91 Å². The van der Waals surface area contributed by atoms with Gasteiger partial charge in [-0.25, -0.2) is 5.43 Å². The Kier molecular flexibility index (Phi) is 4.82. The molecule has 0 aliphatic rings. The molecule has 2 rings (SSSR count). The molecule has 0 atom stereocenters. The monoisotopic (exact) mass is 281 g/mol. The first-order valence-corrected chi connectivity index (χ1v) is 6.41. The summed E-state index contributed by atoms with van der Waals surface area (Å²) < 4.78 is 0. The normalized spacial score (nSPS) is 10.3. The van der Waals surface area contributed by atoms with Crippen LogP contribution in [-0.2, 0) is 4.79 Å². The Hall–Kier alpha value is -2.95. The van der Waals surface area contributed by atoms with Gasteiger partial charge in [0.2, 0.25) is 5.91 Å². The summed E-state index contributed by atoms with van der Waals surface area (Å²) in [6.07, 6.45) is 1.54. The fourth-order valence-corrected chi connectivity index (χ4v) is 1.68. The Labute approximate surface area is 122 Å². The van der Waals surface area contributed by atoms with Crippen LogP contribution < -0.4 is 10.7 Å². The molecule has 0 radical (unpaired) electrons. The van der Waals surface area contributed by atoms with E-state index in [1.807, 2.05) is 6.07 Å². The molecule has 0 spiro atoms. The third-order valence-corrected chi connectivity index (χ3v) is 2.65. The van der Waals surface area contributed by atoms with Crippen molar-refractivity contribution in [1.82, 2.24) is 5.43 Å². The third kappa shape index (κ3) is 4.58. The van der Waals surface area contributed by atoms with Crippen LogP contribution in [0.25, 0.3) is 0 Å². The van der Waals surface area contributed by atoms with Crippen molar-refractivity contribution < 1.29 is 9.59 Å². The van der Waals surface area contributed by atoms with E-state index < -0.39 is 0 Å². The van der Waals surface area contributed by atoms with Crippen LogP contribution in [0.4, 0.5) is 5.69 Å². The molecule has 0 aliphatic carbocycles. The summed E-state index contributed by atoms with van der Waals surface area (Å²) in [5.41, 5.74) is 4.54. The summed E-state index contributed by atoms with van der Waals surface area (Å²) in [5, 5.41) is 6.57. The molecule has 0 unspecified atom stereocenters. The topological polar surface area (TPSA) is 70.6 Å². The molecule has 21 heavy (non-hydrogen) atoms. The molecular formula is C16H15N3O2. The van der Waals surface area contributed by atoms with E-state index in [1.165, 1.54) is 6.92 Å². The van der Waals surface area contributed by atoms with Crippen LogP contribution in [0.5, 0.6) is 0 Å². The third-order valence-electron chi connectivity index (χ3n) is 2.65. The lowest BCUT2D eigenvalue weighted by molar-refractivity contribution is -0.114. The number of hydrogen-bond acceptors (Lipinski definition) is 3. The van der Waals surface area contributed by atoms with E-state index in [0.717, 1.165) is 5.56 Å². The van der Waals surface area contributed by atoms with Gasteiger partial charge >= 0.3 is 0 Å². The van der Waals surface area contributed by atoms with E-state index in [4.69, 9.17) is 0 Å². The number of carbonyl (C=O) groups excluding carboxylic acids is 2. The fourth-order valence-electron chi connectivity index (χ4n) is 1.68. The number of nitrogens with zero attached hydrogens (tertiary/aromatic N) is 1. The molecule has 0 bridgehead atoms. The smallest absolute Gasteiger partial charge is 0.271 e. The zero-order chi connectivity index (χ0) is 15.1. The first-order valence-electron chi connectivity index (χ1n) is 6.41. The zero-order valence-corrected chi connectivity index (χ0v) is 11.5. The summed E-state index contributed by atoms with van der Waals surface area (Å²) >= 11 is 0. The lowest BCUT2D eigenvalue weighted by Crippen LogP contribution is -2.17. The molecule has 2 aromatic carbocycles. The first kappa shape index (κ1) is 14.5. The molecule has 106 valence electrons. The van der Waals surface area contributed by atoms with Crippen molar-refractivity contribution in [1.29, 1.82) is 0 Å². The van der Waals surface area contributed by atoms with Gasteiger partial charge in [0.15, 0.2) is 0 Å². The fraction of sp³-hybridized carbons (Fsp3) is 0.0625. The minimum Gasteiger partial charge on any atom is -0.326 e. The molecule has 0 heterocycles. The summed E-state index contributed by atoms with van der Waals surface area (Å²) in [5.74, 6) is -0.381. The van der Waals surface area contributed by atoms with Gasteiger partial charge in [-0.1, -0.05) is 30.3 Å².